The van der Waals surface area contributed by atoms with Gasteiger partial charge in [-0.25, -0.2) is 0 Å². The van der Waals surface area contributed by atoms with Crippen LogP contribution in [0.5, 0.6) is 5.75 Å². The van der Waals surface area contributed by atoms with Gasteiger partial charge in [-0.3, -0.25) is 0 Å². The third-order valence-electron chi connectivity index (χ3n) is 2.73. The van der Waals surface area contributed by atoms with Crippen LogP contribution in [0.2, 0.25) is 0 Å². The monoisotopic (exact) mass is 244 g/mol. The minimum Gasteiger partial charge on any atom is -0.496 e. The number of ether oxygens (including phenoxy) is 1. The molecule has 0 aliphatic rings. The average molecular weight is 244 g/mol. The van der Waals surface area contributed by atoms with Gasteiger partial charge in [-0.05, 0) is 29.2 Å². The van der Waals surface area contributed by atoms with Crippen LogP contribution in [0, 0.1) is 0 Å². The smallest absolute Gasteiger partial charge is 0.126 e. The van der Waals surface area contributed by atoms with Gasteiger partial charge in [0.2, 0.25) is 0 Å². The molecule has 0 atom stereocenters. The SMILES string of the molecule is COc1ccc(C=CCCS)c2ccccc12. The van der Waals surface area contributed by atoms with Gasteiger partial charge in [-0.15, -0.1) is 0 Å². The van der Waals surface area contributed by atoms with Crippen LogP contribution in [0.3, 0.4) is 0 Å². The van der Waals surface area contributed by atoms with Crippen LogP contribution in [0.1, 0.15) is 12.0 Å². The molecule has 0 N–H and O–H groups in total. The molecule has 0 unspecified atom stereocenters. The maximum Gasteiger partial charge on any atom is 0.126 e. The summed E-state index contributed by atoms with van der Waals surface area (Å²) < 4.78 is 5.37. The molecule has 2 rings (SSSR count). The number of rotatable bonds is 4. The van der Waals surface area contributed by atoms with Crippen LogP contribution >= 0.6 is 12.6 Å². The van der Waals surface area contributed by atoms with Crippen molar-refractivity contribution >= 4 is 29.5 Å². The maximum absolute atomic E-state index is 5.37. The Bertz CT molecular complexity index is 531. The zero-order valence-corrected chi connectivity index (χ0v) is 10.8. The zero-order valence-electron chi connectivity index (χ0n) is 9.89. The van der Waals surface area contributed by atoms with Gasteiger partial charge in [0, 0.05) is 5.39 Å². The van der Waals surface area contributed by atoms with E-state index in [0.717, 1.165) is 23.3 Å². The van der Waals surface area contributed by atoms with Crippen LogP contribution in [-0.2, 0) is 0 Å². The predicted molar refractivity (Wildman–Crippen MR) is 78.0 cm³/mol. The number of hydrogen-bond donors (Lipinski definition) is 1. The van der Waals surface area contributed by atoms with Gasteiger partial charge in [0.1, 0.15) is 5.75 Å². The number of fused-ring (bicyclic) bond motifs is 1. The van der Waals surface area contributed by atoms with E-state index in [1.165, 1.54) is 10.9 Å². The standard InChI is InChI=1S/C15H16OS/c1-16-15-10-9-12(6-4-5-11-17)13-7-2-3-8-14(13)15/h2-4,6-10,17H,5,11H2,1H3. The van der Waals surface area contributed by atoms with Crippen LogP contribution < -0.4 is 4.74 Å². The Labute approximate surface area is 108 Å². The lowest BCUT2D eigenvalue weighted by Gasteiger charge is -2.07. The highest BCUT2D eigenvalue weighted by Crippen LogP contribution is 2.28. The third kappa shape index (κ3) is 2.64. The molecular formula is C15H16OS. The van der Waals surface area contributed by atoms with Crippen molar-refractivity contribution in [3.05, 3.63) is 48.0 Å². The molecule has 0 radical (unpaired) electrons. The van der Waals surface area contributed by atoms with Gasteiger partial charge in [0.15, 0.2) is 0 Å². The fourth-order valence-electron chi connectivity index (χ4n) is 1.90. The molecule has 2 heteroatoms. The summed E-state index contributed by atoms with van der Waals surface area (Å²) in [6, 6.07) is 12.4. The second-order valence-electron chi connectivity index (χ2n) is 3.82. The normalized spacial score (nSPS) is 11.2. The summed E-state index contributed by atoms with van der Waals surface area (Å²) in [5.41, 5.74) is 1.23. The van der Waals surface area contributed by atoms with Gasteiger partial charge in [-0.1, -0.05) is 42.5 Å². The zero-order chi connectivity index (χ0) is 12.1. The summed E-state index contributed by atoms with van der Waals surface area (Å²) in [6.45, 7) is 0. The summed E-state index contributed by atoms with van der Waals surface area (Å²) >= 11 is 4.20. The quantitative estimate of drug-likeness (QED) is 0.794. The Morgan fingerprint density at radius 2 is 1.88 bits per heavy atom. The average Bonchev–Trinajstić information content (AvgIpc) is 2.39. The molecule has 0 heterocycles. The number of allylic oxidation sites excluding steroid dienone is 1. The lowest BCUT2D eigenvalue weighted by atomic mass is 10.0. The molecule has 0 saturated heterocycles. The van der Waals surface area contributed by atoms with Crippen molar-refractivity contribution in [2.45, 2.75) is 6.42 Å². The van der Waals surface area contributed by atoms with E-state index in [1.807, 2.05) is 12.1 Å². The molecule has 0 aliphatic heterocycles. The highest BCUT2D eigenvalue weighted by Gasteiger charge is 2.03. The van der Waals surface area contributed by atoms with Crippen molar-refractivity contribution in [3.63, 3.8) is 0 Å². The van der Waals surface area contributed by atoms with E-state index in [0.29, 0.717) is 0 Å². The van der Waals surface area contributed by atoms with Gasteiger partial charge in [0.25, 0.3) is 0 Å². The number of benzene rings is 2. The van der Waals surface area contributed by atoms with Crippen LogP contribution in [0.25, 0.3) is 16.8 Å². The van der Waals surface area contributed by atoms with Crippen molar-refractivity contribution in [1.82, 2.24) is 0 Å². The molecule has 0 aromatic heterocycles. The molecule has 88 valence electrons. The van der Waals surface area contributed by atoms with Crippen molar-refractivity contribution < 1.29 is 4.74 Å². The largest absolute Gasteiger partial charge is 0.496 e. The van der Waals surface area contributed by atoms with E-state index >= 15 is 0 Å². The number of hydrogen-bond acceptors (Lipinski definition) is 2. The Kier molecular flexibility index (Phi) is 4.10. The highest BCUT2D eigenvalue weighted by atomic mass is 32.1. The van der Waals surface area contributed by atoms with Gasteiger partial charge in [-0.2, -0.15) is 12.6 Å². The lowest BCUT2D eigenvalue weighted by molar-refractivity contribution is 0.420. The van der Waals surface area contributed by atoms with E-state index in [4.69, 9.17) is 4.74 Å². The molecule has 2 aromatic carbocycles. The maximum atomic E-state index is 5.37. The van der Waals surface area contributed by atoms with Crippen LogP contribution in [-0.4, -0.2) is 12.9 Å². The minimum atomic E-state index is 0.880. The lowest BCUT2D eigenvalue weighted by Crippen LogP contribution is -1.86. The molecule has 1 nitrogen and oxygen atoms in total. The second-order valence-corrected chi connectivity index (χ2v) is 4.26. The second kappa shape index (κ2) is 5.78. The first-order valence-corrected chi connectivity index (χ1v) is 6.33. The van der Waals surface area contributed by atoms with Crippen LogP contribution in [0.15, 0.2) is 42.5 Å². The van der Waals surface area contributed by atoms with Gasteiger partial charge in [0.05, 0.1) is 7.11 Å². The van der Waals surface area contributed by atoms with E-state index < -0.39 is 0 Å². The molecule has 0 amide bonds. The van der Waals surface area contributed by atoms with E-state index in [2.05, 4.69) is 49.0 Å². The van der Waals surface area contributed by atoms with E-state index in [9.17, 15) is 0 Å². The highest BCUT2D eigenvalue weighted by molar-refractivity contribution is 7.80. The molecule has 0 aliphatic carbocycles. The fraction of sp³-hybridized carbons (Fsp3) is 0.200. The Balaban J connectivity index is 2.51. The van der Waals surface area contributed by atoms with Crippen molar-refractivity contribution in [2.24, 2.45) is 0 Å². The summed E-state index contributed by atoms with van der Waals surface area (Å²) in [6.07, 6.45) is 5.29. The van der Waals surface area contributed by atoms with Gasteiger partial charge >= 0.3 is 0 Å². The summed E-state index contributed by atoms with van der Waals surface area (Å²) in [7, 11) is 1.71. The van der Waals surface area contributed by atoms with Crippen molar-refractivity contribution in [3.8, 4) is 5.75 Å². The molecule has 0 bridgehead atoms. The van der Waals surface area contributed by atoms with Crippen molar-refractivity contribution in [2.75, 3.05) is 12.9 Å². The summed E-state index contributed by atoms with van der Waals surface area (Å²) in [5, 5.41) is 2.38. The van der Waals surface area contributed by atoms with Crippen molar-refractivity contribution in [1.29, 1.82) is 0 Å². The molecule has 2 aromatic rings. The molecule has 0 saturated carbocycles. The predicted octanol–water partition coefficient (Wildman–Crippen LogP) is 4.18. The Hall–Kier alpha value is -1.41. The van der Waals surface area contributed by atoms with Crippen LogP contribution in [0.4, 0.5) is 0 Å². The molecule has 17 heavy (non-hydrogen) atoms. The first-order valence-electron chi connectivity index (χ1n) is 5.70. The first-order chi connectivity index (χ1) is 8.36. The number of methoxy groups -OCH3 is 1. The fourth-order valence-corrected chi connectivity index (χ4v) is 2.05. The molecule has 0 fully saturated rings. The minimum absolute atomic E-state index is 0.880. The van der Waals surface area contributed by atoms with E-state index in [-0.39, 0.29) is 0 Å². The topological polar surface area (TPSA) is 9.23 Å². The van der Waals surface area contributed by atoms with Gasteiger partial charge < -0.3 is 4.74 Å². The molecule has 0 spiro atoms. The third-order valence-corrected chi connectivity index (χ3v) is 2.99. The summed E-state index contributed by atoms with van der Waals surface area (Å²) in [5.74, 6) is 1.80. The van der Waals surface area contributed by atoms with E-state index in [1.54, 1.807) is 7.11 Å². The first kappa shape index (κ1) is 12.1. The Morgan fingerprint density at radius 1 is 1.12 bits per heavy atom. The number of thiol groups is 1. The summed E-state index contributed by atoms with van der Waals surface area (Å²) in [4.78, 5) is 0. The molecular weight excluding hydrogens is 228 g/mol. The Morgan fingerprint density at radius 3 is 2.59 bits per heavy atom.